The molecule has 0 bridgehead atoms. The molecule has 1 aliphatic rings. The summed E-state index contributed by atoms with van der Waals surface area (Å²) in [6, 6.07) is 6.82. The molecule has 0 saturated carbocycles. The van der Waals surface area contributed by atoms with Crippen LogP contribution in [0.25, 0.3) is 10.9 Å². The molecule has 0 saturated heterocycles. The topological polar surface area (TPSA) is 115 Å². The van der Waals surface area contributed by atoms with Crippen LogP contribution in [-0.2, 0) is 16.1 Å². The fourth-order valence-electron chi connectivity index (χ4n) is 3.43. The van der Waals surface area contributed by atoms with E-state index in [9.17, 15) is 14.4 Å². The Labute approximate surface area is 181 Å². The number of halogens is 1. The number of aryl methyl sites for hydroxylation is 1. The molecule has 3 aromatic rings. The number of rotatable bonds is 5. The molecule has 0 spiro atoms. The van der Waals surface area contributed by atoms with Crippen molar-refractivity contribution in [2.45, 2.75) is 26.4 Å². The Morgan fingerprint density at radius 3 is 2.81 bits per heavy atom. The minimum Gasteiger partial charge on any atom is -0.464 e. The summed E-state index contributed by atoms with van der Waals surface area (Å²) < 4.78 is 12.1. The van der Waals surface area contributed by atoms with Crippen LogP contribution in [-0.4, -0.2) is 28.2 Å². The predicted molar refractivity (Wildman–Crippen MR) is 113 cm³/mol. The van der Waals surface area contributed by atoms with Crippen LogP contribution < -0.4 is 16.2 Å². The van der Waals surface area contributed by atoms with Crippen LogP contribution in [0.5, 0.6) is 0 Å². The lowest BCUT2D eigenvalue weighted by atomic mass is 10.00. The second kappa shape index (κ2) is 8.27. The van der Waals surface area contributed by atoms with Crippen molar-refractivity contribution in [3.05, 3.63) is 74.8 Å². The van der Waals surface area contributed by atoms with Crippen molar-refractivity contribution in [1.82, 2.24) is 20.2 Å². The van der Waals surface area contributed by atoms with E-state index in [-0.39, 0.29) is 30.0 Å². The zero-order valence-electron chi connectivity index (χ0n) is 16.8. The smallest absolute Gasteiger partial charge is 0.338 e. The first kappa shape index (κ1) is 20.7. The summed E-state index contributed by atoms with van der Waals surface area (Å²) in [4.78, 5) is 42.4. The van der Waals surface area contributed by atoms with Gasteiger partial charge in [-0.2, -0.15) is 0 Å². The molecular formula is C21H19ClN4O5. The number of ether oxygens (including phenoxy) is 1. The maximum atomic E-state index is 13.0. The highest BCUT2D eigenvalue weighted by atomic mass is 35.5. The van der Waals surface area contributed by atoms with Gasteiger partial charge in [0.2, 0.25) is 0 Å². The number of hydrogen-bond acceptors (Lipinski definition) is 6. The highest BCUT2D eigenvalue weighted by Crippen LogP contribution is 2.29. The molecule has 0 aliphatic carbocycles. The third-order valence-corrected chi connectivity index (χ3v) is 5.04. The van der Waals surface area contributed by atoms with E-state index in [0.29, 0.717) is 27.4 Å². The molecular weight excluding hydrogens is 424 g/mol. The van der Waals surface area contributed by atoms with Gasteiger partial charge in [-0.25, -0.2) is 14.6 Å². The van der Waals surface area contributed by atoms with Gasteiger partial charge in [-0.1, -0.05) is 11.6 Å². The number of aromatic nitrogens is 2. The first-order chi connectivity index (χ1) is 14.9. The maximum Gasteiger partial charge on any atom is 0.338 e. The van der Waals surface area contributed by atoms with Gasteiger partial charge >= 0.3 is 12.0 Å². The van der Waals surface area contributed by atoms with Gasteiger partial charge in [0.15, 0.2) is 0 Å². The minimum absolute atomic E-state index is 0.105. The first-order valence-electron chi connectivity index (χ1n) is 9.56. The number of allylic oxidation sites excluding steroid dienone is 1. The molecule has 1 aliphatic heterocycles. The van der Waals surface area contributed by atoms with Crippen LogP contribution in [0.4, 0.5) is 4.79 Å². The summed E-state index contributed by atoms with van der Waals surface area (Å²) in [6.45, 7) is 3.47. The summed E-state index contributed by atoms with van der Waals surface area (Å²) >= 11 is 6.02. The Kier molecular flexibility index (Phi) is 5.51. The zero-order chi connectivity index (χ0) is 22.1. The van der Waals surface area contributed by atoms with Crippen LogP contribution in [0.15, 0.2) is 57.1 Å². The summed E-state index contributed by atoms with van der Waals surface area (Å²) in [6.07, 6.45) is 1.36. The Morgan fingerprint density at radius 2 is 2.10 bits per heavy atom. The van der Waals surface area contributed by atoms with Gasteiger partial charge in [-0.05, 0) is 44.2 Å². The van der Waals surface area contributed by atoms with E-state index in [0.717, 1.165) is 0 Å². The summed E-state index contributed by atoms with van der Waals surface area (Å²) in [7, 11) is 0. The van der Waals surface area contributed by atoms with Gasteiger partial charge in [-0.15, -0.1) is 0 Å². The van der Waals surface area contributed by atoms with Crippen molar-refractivity contribution in [3.8, 4) is 0 Å². The average Bonchev–Trinajstić information content (AvgIpc) is 3.16. The van der Waals surface area contributed by atoms with Gasteiger partial charge in [0.05, 0.1) is 41.7 Å². The lowest BCUT2D eigenvalue weighted by Gasteiger charge is -2.28. The molecule has 0 fully saturated rings. The van der Waals surface area contributed by atoms with Gasteiger partial charge in [0.25, 0.3) is 5.56 Å². The van der Waals surface area contributed by atoms with Gasteiger partial charge < -0.3 is 19.8 Å². The predicted octanol–water partition coefficient (Wildman–Crippen LogP) is 2.82. The quantitative estimate of drug-likeness (QED) is 0.587. The van der Waals surface area contributed by atoms with Crippen LogP contribution >= 0.6 is 11.6 Å². The molecule has 1 atom stereocenters. The number of nitrogens with one attached hydrogen (secondary N) is 2. The normalized spacial score (nSPS) is 16.2. The molecule has 0 unspecified atom stereocenters. The molecule has 1 aromatic carbocycles. The van der Waals surface area contributed by atoms with E-state index >= 15 is 0 Å². The minimum atomic E-state index is -0.866. The van der Waals surface area contributed by atoms with Crippen molar-refractivity contribution in [3.63, 3.8) is 0 Å². The van der Waals surface area contributed by atoms with E-state index in [4.69, 9.17) is 20.8 Å². The highest BCUT2D eigenvalue weighted by Gasteiger charge is 2.35. The molecule has 4 rings (SSSR count). The number of urea groups is 1. The molecule has 9 nitrogen and oxygen atoms in total. The number of carbonyl (C=O) groups excluding carboxylic acids is 2. The van der Waals surface area contributed by atoms with Crippen LogP contribution in [0, 0.1) is 6.92 Å². The molecule has 2 aromatic heterocycles. The number of nitrogens with zero attached hydrogens (tertiary/aromatic N) is 2. The zero-order valence-corrected chi connectivity index (χ0v) is 17.5. The Bertz CT molecular complexity index is 1280. The maximum absolute atomic E-state index is 13.0. The highest BCUT2D eigenvalue weighted by molar-refractivity contribution is 6.31. The number of esters is 1. The Hall–Kier alpha value is -3.59. The third-order valence-electron chi connectivity index (χ3n) is 4.81. The van der Waals surface area contributed by atoms with Crippen LogP contribution in [0.3, 0.4) is 0 Å². The Balaban J connectivity index is 1.83. The number of amides is 2. The number of carbonyl (C=O) groups is 2. The van der Waals surface area contributed by atoms with Gasteiger partial charge in [0, 0.05) is 5.02 Å². The number of benzene rings is 1. The largest absolute Gasteiger partial charge is 0.464 e. The second-order valence-electron chi connectivity index (χ2n) is 6.93. The molecule has 10 heteroatoms. The number of hydrogen-bond donors (Lipinski definition) is 2. The standard InChI is InChI=1S/C21H19ClN4O5/c1-3-30-20(28)17-15(24-21(29)25-18(17)16-7-4-11(2)31-16)9-26-10-23-14-6-5-12(22)8-13(14)19(26)27/h4-8,10,18H,3,9H2,1-2H3,(H2,24,25,29)/t18-/m0/s1. The SMILES string of the molecule is CCOC(=O)C1=C(Cn2cnc3ccc(Cl)cc3c2=O)NC(=O)N[C@H]1c1ccc(C)o1. The van der Waals surface area contributed by atoms with Gasteiger partial charge in [-0.3, -0.25) is 9.36 Å². The second-order valence-corrected chi connectivity index (χ2v) is 7.37. The molecule has 2 amide bonds. The monoisotopic (exact) mass is 442 g/mol. The summed E-state index contributed by atoms with van der Waals surface area (Å²) in [5, 5.41) is 6.03. The summed E-state index contributed by atoms with van der Waals surface area (Å²) in [5.41, 5.74) is 0.491. The average molecular weight is 443 g/mol. The molecule has 160 valence electrons. The van der Waals surface area contributed by atoms with E-state index in [2.05, 4.69) is 15.6 Å². The third kappa shape index (κ3) is 4.04. The molecule has 3 heterocycles. The number of furan rings is 1. The first-order valence-corrected chi connectivity index (χ1v) is 9.94. The molecule has 31 heavy (non-hydrogen) atoms. The fraction of sp³-hybridized carbons (Fsp3) is 0.238. The van der Waals surface area contributed by atoms with Crippen molar-refractivity contribution >= 4 is 34.5 Å². The van der Waals surface area contributed by atoms with E-state index in [1.807, 2.05) is 0 Å². The fourth-order valence-corrected chi connectivity index (χ4v) is 3.60. The Morgan fingerprint density at radius 1 is 1.29 bits per heavy atom. The van der Waals surface area contributed by atoms with Gasteiger partial charge in [0.1, 0.15) is 17.6 Å². The van der Waals surface area contributed by atoms with E-state index in [1.54, 1.807) is 38.1 Å². The lowest BCUT2D eigenvalue weighted by Crippen LogP contribution is -2.47. The van der Waals surface area contributed by atoms with Crippen LogP contribution in [0.1, 0.15) is 24.5 Å². The molecule has 0 radical (unpaired) electrons. The van der Waals surface area contributed by atoms with Crippen LogP contribution in [0.2, 0.25) is 5.02 Å². The van der Waals surface area contributed by atoms with Crippen molar-refractivity contribution in [1.29, 1.82) is 0 Å². The lowest BCUT2D eigenvalue weighted by molar-refractivity contribution is -0.139. The van der Waals surface area contributed by atoms with E-state index in [1.165, 1.54) is 17.0 Å². The van der Waals surface area contributed by atoms with Crippen molar-refractivity contribution in [2.24, 2.45) is 0 Å². The van der Waals surface area contributed by atoms with Crippen molar-refractivity contribution < 1.29 is 18.7 Å². The number of fused-ring (bicyclic) bond motifs is 1. The van der Waals surface area contributed by atoms with E-state index < -0.39 is 18.0 Å². The van der Waals surface area contributed by atoms with Crippen molar-refractivity contribution in [2.75, 3.05) is 6.61 Å². The summed E-state index contributed by atoms with van der Waals surface area (Å²) in [5.74, 6) is 0.372. The molecule has 2 N–H and O–H groups in total.